The van der Waals surface area contributed by atoms with Crippen molar-refractivity contribution >= 4 is 5.69 Å². The molecule has 0 saturated carbocycles. The molecule has 1 aromatic carbocycles. The molecular formula is C10H15NO. The van der Waals surface area contributed by atoms with Gasteiger partial charge in [0.2, 0.25) is 0 Å². The molecule has 0 radical (unpaired) electrons. The standard InChI is InChI=1S/C10H15NO/c1-10(2,3)7-5-4-6-8(11)9(7)12/h4-6,12H,11H2,1-3H3. The summed E-state index contributed by atoms with van der Waals surface area (Å²) in [6, 6.07) is 5.45. The molecule has 0 aliphatic carbocycles. The monoisotopic (exact) mass is 165 g/mol. The van der Waals surface area contributed by atoms with Gasteiger partial charge in [0.15, 0.2) is 0 Å². The van der Waals surface area contributed by atoms with Crippen LogP contribution >= 0.6 is 0 Å². The van der Waals surface area contributed by atoms with Gasteiger partial charge in [0.05, 0.1) is 5.69 Å². The number of phenolic OH excluding ortho intramolecular Hbond substituents is 1. The van der Waals surface area contributed by atoms with Gasteiger partial charge >= 0.3 is 0 Å². The van der Waals surface area contributed by atoms with Gasteiger partial charge in [-0.15, -0.1) is 0 Å². The summed E-state index contributed by atoms with van der Waals surface area (Å²) in [5.41, 5.74) is 6.85. The molecule has 3 N–H and O–H groups in total. The summed E-state index contributed by atoms with van der Waals surface area (Å²) in [5.74, 6) is 0.213. The van der Waals surface area contributed by atoms with E-state index in [1.54, 1.807) is 6.07 Å². The number of nitrogen functional groups attached to an aromatic ring is 1. The lowest BCUT2D eigenvalue weighted by Gasteiger charge is -2.20. The Morgan fingerprint density at radius 3 is 2.25 bits per heavy atom. The highest BCUT2D eigenvalue weighted by atomic mass is 16.3. The highest BCUT2D eigenvalue weighted by Gasteiger charge is 2.18. The summed E-state index contributed by atoms with van der Waals surface area (Å²) in [6.07, 6.45) is 0. The Morgan fingerprint density at radius 2 is 1.83 bits per heavy atom. The molecule has 0 fully saturated rings. The lowest BCUT2D eigenvalue weighted by Crippen LogP contribution is -2.11. The predicted molar refractivity (Wildman–Crippen MR) is 51.2 cm³/mol. The minimum Gasteiger partial charge on any atom is -0.505 e. The molecule has 0 atom stereocenters. The fraction of sp³-hybridized carbons (Fsp3) is 0.400. The van der Waals surface area contributed by atoms with Crippen molar-refractivity contribution in [1.82, 2.24) is 0 Å². The zero-order chi connectivity index (χ0) is 9.35. The average Bonchev–Trinajstić information content (AvgIpc) is 1.92. The molecule has 12 heavy (non-hydrogen) atoms. The van der Waals surface area contributed by atoms with Crippen molar-refractivity contribution in [3.8, 4) is 5.75 Å². The van der Waals surface area contributed by atoms with E-state index in [0.717, 1.165) is 5.56 Å². The Balaban J connectivity index is 3.26. The first-order valence-electron chi connectivity index (χ1n) is 4.01. The lowest BCUT2D eigenvalue weighted by atomic mass is 9.86. The first-order chi connectivity index (χ1) is 5.43. The maximum atomic E-state index is 9.61. The fourth-order valence-electron chi connectivity index (χ4n) is 1.17. The van der Waals surface area contributed by atoms with Crippen LogP contribution in [0.25, 0.3) is 0 Å². The topological polar surface area (TPSA) is 46.2 Å². The maximum absolute atomic E-state index is 9.61. The Kier molecular flexibility index (Phi) is 2.01. The molecule has 0 unspecified atom stereocenters. The van der Waals surface area contributed by atoms with Crippen LogP contribution in [0.4, 0.5) is 5.69 Å². The van der Waals surface area contributed by atoms with Gasteiger partial charge in [0.25, 0.3) is 0 Å². The van der Waals surface area contributed by atoms with E-state index in [0.29, 0.717) is 5.69 Å². The van der Waals surface area contributed by atoms with Crippen LogP contribution in [0.5, 0.6) is 5.75 Å². The van der Waals surface area contributed by atoms with Crippen LogP contribution in [0.3, 0.4) is 0 Å². The highest BCUT2D eigenvalue weighted by molar-refractivity contribution is 5.57. The second kappa shape index (κ2) is 2.70. The number of aromatic hydroxyl groups is 1. The molecule has 0 aromatic heterocycles. The third-order valence-corrected chi connectivity index (χ3v) is 1.88. The number of hydrogen-bond acceptors (Lipinski definition) is 2. The molecule has 0 aliphatic heterocycles. The van der Waals surface area contributed by atoms with Crippen LogP contribution in [0.2, 0.25) is 0 Å². The van der Waals surface area contributed by atoms with Crippen LogP contribution < -0.4 is 5.73 Å². The van der Waals surface area contributed by atoms with Gasteiger partial charge in [0.1, 0.15) is 5.75 Å². The number of hydrogen-bond donors (Lipinski definition) is 2. The van der Waals surface area contributed by atoms with Crippen molar-refractivity contribution in [1.29, 1.82) is 0 Å². The molecule has 0 saturated heterocycles. The second-order valence-corrected chi connectivity index (χ2v) is 3.99. The Hall–Kier alpha value is -1.18. The van der Waals surface area contributed by atoms with Crippen molar-refractivity contribution in [3.05, 3.63) is 23.8 Å². The van der Waals surface area contributed by atoms with Crippen LogP contribution in [-0.4, -0.2) is 5.11 Å². The molecule has 1 rings (SSSR count). The Morgan fingerprint density at radius 1 is 1.25 bits per heavy atom. The van der Waals surface area contributed by atoms with E-state index < -0.39 is 0 Å². The molecule has 66 valence electrons. The van der Waals surface area contributed by atoms with Gasteiger partial charge in [-0.1, -0.05) is 32.9 Å². The Bertz CT molecular complexity index is 286. The normalized spacial score (nSPS) is 11.6. The smallest absolute Gasteiger partial charge is 0.142 e. The third kappa shape index (κ3) is 1.52. The van der Waals surface area contributed by atoms with E-state index >= 15 is 0 Å². The number of benzene rings is 1. The minimum atomic E-state index is -0.0561. The molecule has 0 spiro atoms. The summed E-state index contributed by atoms with van der Waals surface area (Å²) in [6.45, 7) is 6.13. The molecule has 2 nitrogen and oxygen atoms in total. The van der Waals surface area contributed by atoms with Crippen molar-refractivity contribution in [2.24, 2.45) is 0 Å². The summed E-state index contributed by atoms with van der Waals surface area (Å²) >= 11 is 0. The van der Waals surface area contributed by atoms with Crippen LogP contribution in [-0.2, 0) is 5.41 Å². The number of anilines is 1. The van der Waals surface area contributed by atoms with Gasteiger partial charge in [0, 0.05) is 5.56 Å². The van der Waals surface area contributed by atoms with Crippen molar-refractivity contribution in [2.75, 3.05) is 5.73 Å². The van der Waals surface area contributed by atoms with E-state index in [9.17, 15) is 5.11 Å². The van der Waals surface area contributed by atoms with Gasteiger partial charge in [-0.3, -0.25) is 0 Å². The predicted octanol–water partition coefficient (Wildman–Crippen LogP) is 2.27. The average molecular weight is 165 g/mol. The SMILES string of the molecule is CC(C)(C)c1cccc(N)c1O. The van der Waals surface area contributed by atoms with Crippen molar-refractivity contribution in [2.45, 2.75) is 26.2 Å². The van der Waals surface area contributed by atoms with Gasteiger partial charge < -0.3 is 10.8 Å². The summed E-state index contributed by atoms with van der Waals surface area (Å²) in [4.78, 5) is 0. The highest BCUT2D eigenvalue weighted by Crippen LogP contribution is 2.33. The fourth-order valence-corrected chi connectivity index (χ4v) is 1.17. The first kappa shape index (κ1) is 8.91. The van der Waals surface area contributed by atoms with Crippen molar-refractivity contribution in [3.63, 3.8) is 0 Å². The molecule has 0 aliphatic rings. The molecule has 0 amide bonds. The van der Waals surface area contributed by atoms with E-state index in [4.69, 9.17) is 5.73 Å². The summed E-state index contributed by atoms with van der Waals surface area (Å²) in [5, 5.41) is 9.61. The minimum absolute atomic E-state index is 0.0561. The van der Waals surface area contributed by atoms with Crippen LogP contribution in [0.15, 0.2) is 18.2 Å². The van der Waals surface area contributed by atoms with E-state index in [1.165, 1.54) is 0 Å². The molecule has 0 bridgehead atoms. The van der Waals surface area contributed by atoms with Crippen LogP contribution in [0.1, 0.15) is 26.3 Å². The largest absolute Gasteiger partial charge is 0.505 e. The molecule has 2 heteroatoms. The molecule has 1 aromatic rings. The van der Waals surface area contributed by atoms with Crippen LogP contribution in [0, 0.1) is 0 Å². The summed E-state index contributed by atoms with van der Waals surface area (Å²) < 4.78 is 0. The van der Waals surface area contributed by atoms with Gasteiger partial charge in [-0.05, 0) is 11.5 Å². The number of rotatable bonds is 0. The van der Waals surface area contributed by atoms with E-state index in [2.05, 4.69) is 0 Å². The van der Waals surface area contributed by atoms with E-state index in [-0.39, 0.29) is 11.2 Å². The maximum Gasteiger partial charge on any atom is 0.142 e. The third-order valence-electron chi connectivity index (χ3n) is 1.88. The molecule has 0 heterocycles. The number of para-hydroxylation sites is 1. The zero-order valence-corrected chi connectivity index (χ0v) is 7.76. The second-order valence-electron chi connectivity index (χ2n) is 3.99. The first-order valence-corrected chi connectivity index (χ1v) is 4.01. The van der Waals surface area contributed by atoms with E-state index in [1.807, 2.05) is 32.9 Å². The summed E-state index contributed by atoms with van der Waals surface area (Å²) in [7, 11) is 0. The van der Waals surface area contributed by atoms with Crippen molar-refractivity contribution < 1.29 is 5.11 Å². The number of phenols is 1. The van der Waals surface area contributed by atoms with Gasteiger partial charge in [-0.25, -0.2) is 0 Å². The lowest BCUT2D eigenvalue weighted by molar-refractivity contribution is 0.449. The molecular weight excluding hydrogens is 150 g/mol. The number of nitrogens with two attached hydrogens (primary N) is 1. The van der Waals surface area contributed by atoms with Gasteiger partial charge in [-0.2, -0.15) is 0 Å². The Labute approximate surface area is 73.0 Å². The zero-order valence-electron chi connectivity index (χ0n) is 7.76. The quantitative estimate of drug-likeness (QED) is 0.457.